The van der Waals surface area contributed by atoms with Crippen LogP contribution in [0.15, 0.2) is 42.5 Å². The van der Waals surface area contributed by atoms with Gasteiger partial charge in [0.25, 0.3) is 0 Å². The molecule has 0 unspecified atom stereocenters. The van der Waals surface area contributed by atoms with Crippen LogP contribution in [0.2, 0.25) is 0 Å². The Balaban J connectivity index is 1.76. The first-order valence-corrected chi connectivity index (χ1v) is 8.34. The molecular weight excluding hydrogens is 256 g/mol. The number of hydrogen-bond acceptors (Lipinski definition) is 1. The zero-order valence-corrected chi connectivity index (χ0v) is 12.7. The molecule has 21 heavy (non-hydrogen) atoms. The molecule has 0 heterocycles. The Morgan fingerprint density at radius 2 is 1.52 bits per heavy atom. The van der Waals surface area contributed by atoms with Gasteiger partial charge in [0.2, 0.25) is 0 Å². The molecule has 1 aliphatic rings. The topological polar surface area (TPSA) is 17.1 Å². The van der Waals surface area contributed by atoms with Crippen LogP contribution in [0.3, 0.4) is 0 Å². The number of fused-ring (bicyclic) bond motifs is 1. The SMILES string of the molecule is O=C(Cc1cccc2ccccc12)C1CCCCCCC1. The third-order valence-electron chi connectivity index (χ3n) is 4.81. The number of ketones is 1. The molecule has 0 atom stereocenters. The van der Waals surface area contributed by atoms with Gasteiger partial charge in [-0.1, -0.05) is 74.6 Å². The lowest BCUT2D eigenvalue weighted by Gasteiger charge is -2.19. The molecule has 0 saturated heterocycles. The summed E-state index contributed by atoms with van der Waals surface area (Å²) in [5.74, 6) is 0.748. The number of Topliss-reactive ketones (excluding diaryl/α,β-unsaturated/α-hetero) is 1. The summed E-state index contributed by atoms with van der Waals surface area (Å²) in [5.41, 5.74) is 1.19. The summed E-state index contributed by atoms with van der Waals surface area (Å²) in [6, 6.07) is 14.7. The maximum absolute atomic E-state index is 12.7. The van der Waals surface area contributed by atoms with Crippen molar-refractivity contribution in [3.8, 4) is 0 Å². The van der Waals surface area contributed by atoms with Crippen molar-refractivity contribution < 1.29 is 4.79 Å². The summed E-state index contributed by atoms with van der Waals surface area (Å²) < 4.78 is 0. The Hall–Kier alpha value is -1.63. The molecule has 0 amide bonds. The second-order valence-corrected chi connectivity index (χ2v) is 6.32. The minimum absolute atomic E-state index is 0.296. The van der Waals surface area contributed by atoms with Crippen LogP contribution in [-0.4, -0.2) is 5.78 Å². The third kappa shape index (κ3) is 3.53. The second kappa shape index (κ2) is 6.89. The Kier molecular flexibility index (Phi) is 4.69. The first kappa shape index (κ1) is 14.3. The van der Waals surface area contributed by atoms with Crippen molar-refractivity contribution in [3.63, 3.8) is 0 Å². The van der Waals surface area contributed by atoms with Crippen LogP contribution < -0.4 is 0 Å². The van der Waals surface area contributed by atoms with E-state index in [0.29, 0.717) is 18.1 Å². The quantitative estimate of drug-likeness (QED) is 0.744. The summed E-state index contributed by atoms with van der Waals surface area (Å²) in [6.07, 6.45) is 9.22. The zero-order chi connectivity index (χ0) is 14.5. The average Bonchev–Trinajstić information content (AvgIpc) is 2.47. The van der Waals surface area contributed by atoms with Gasteiger partial charge in [0, 0.05) is 12.3 Å². The smallest absolute Gasteiger partial charge is 0.140 e. The first-order valence-electron chi connectivity index (χ1n) is 8.34. The number of benzene rings is 2. The Bertz CT molecular complexity index is 601. The number of rotatable bonds is 3. The van der Waals surface area contributed by atoms with Gasteiger partial charge < -0.3 is 0 Å². The van der Waals surface area contributed by atoms with Gasteiger partial charge in [0.15, 0.2) is 0 Å². The maximum Gasteiger partial charge on any atom is 0.140 e. The fourth-order valence-electron chi connectivity index (χ4n) is 3.56. The monoisotopic (exact) mass is 280 g/mol. The van der Waals surface area contributed by atoms with Crippen molar-refractivity contribution in [3.05, 3.63) is 48.0 Å². The molecule has 1 nitrogen and oxygen atoms in total. The van der Waals surface area contributed by atoms with Crippen LogP contribution in [0.4, 0.5) is 0 Å². The minimum Gasteiger partial charge on any atom is -0.299 e. The summed E-state index contributed by atoms with van der Waals surface area (Å²) in [4.78, 5) is 12.7. The molecule has 0 bridgehead atoms. The van der Waals surface area contributed by atoms with Gasteiger partial charge in [0.05, 0.1) is 0 Å². The van der Waals surface area contributed by atoms with E-state index >= 15 is 0 Å². The van der Waals surface area contributed by atoms with Crippen molar-refractivity contribution in [2.24, 2.45) is 5.92 Å². The van der Waals surface area contributed by atoms with E-state index in [4.69, 9.17) is 0 Å². The van der Waals surface area contributed by atoms with Crippen molar-refractivity contribution in [2.75, 3.05) is 0 Å². The van der Waals surface area contributed by atoms with Crippen molar-refractivity contribution in [2.45, 2.75) is 51.4 Å². The first-order chi connectivity index (χ1) is 10.3. The molecule has 0 aromatic heterocycles. The molecular formula is C20H24O. The Morgan fingerprint density at radius 3 is 2.33 bits per heavy atom. The van der Waals surface area contributed by atoms with Gasteiger partial charge >= 0.3 is 0 Å². The van der Waals surface area contributed by atoms with E-state index in [1.165, 1.54) is 48.4 Å². The Labute approximate surface area is 127 Å². The van der Waals surface area contributed by atoms with Gasteiger partial charge in [-0.05, 0) is 29.2 Å². The zero-order valence-electron chi connectivity index (χ0n) is 12.7. The van der Waals surface area contributed by atoms with E-state index in [-0.39, 0.29) is 0 Å². The third-order valence-corrected chi connectivity index (χ3v) is 4.81. The maximum atomic E-state index is 12.7. The lowest BCUT2D eigenvalue weighted by Crippen LogP contribution is -2.18. The standard InChI is InChI=1S/C20H24O/c21-20(17-10-4-2-1-3-5-11-17)15-18-13-8-12-16-9-6-7-14-19(16)18/h6-9,12-14,17H,1-5,10-11,15H2. The number of carbonyl (C=O) groups excluding carboxylic acids is 1. The van der Waals surface area contributed by atoms with Crippen molar-refractivity contribution in [1.29, 1.82) is 0 Å². The Morgan fingerprint density at radius 1 is 0.857 bits per heavy atom. The van der Waals surface area contributed by atoms with Gasteiger partial charge in [0.1, 0.15) is 5.78 Å². The molecule has 1 heteroatoms. The van der Waals surface area contributed by atoms with E-state index < -0.39 is 0 Å². The molecule has 1 fully saturated rings. The highest BCUT2D eigenvalue weighted by molar-refractivity contribution is 5.91. The molecule has 3 rings (SSSR count). The summed E-state index contributed by atoms with van der Waals surface area (Å²) in [6.45, 7) is 0. The predicted octanol–water partition coefficient (Wildman–Crippen LogP) is 5.31. The fourth-order valence-corrected chi connectivity index (χ4v) is 3.56. The summed E-state index contributed by atoms with van der Waals surface area (Å²) >= 11 is 0. The molecule has 110 valence electrons. The minimum atomic E-state index is 0.296. The molecule has 2 aromatic carbocycles. The lowest BCUT2D eigenvalue weighted by molar-refractivity contribution is -0.122. The van der Waals surface area contributed by atoms with Gasteiger partial charge in [-0.15, -0.1) is 0 Å². The summed E-state index contributed by atoms with van der Waals surface area (Å²) in [7, 11) is 0. The predicted molar refractivity (Wildman–Crippen MR) is 88.5 cm³/mol. The number of carbonyl (C=O) groups is 1. The van der Waals surface area contributed by atoms with Crippen LogP contribution in [0.25, 0.3) is 10.8 Å². The van der Waals surface area contributed by atoms with Crippen LogP contribution in [0, 0.1) is 5.92 Å². The average molecular weight is 280 g/mol. The van der Waals surface area contributed by atoms with Gasteiger partial charge in [-0.2, -0.15) is 0 Å². The molecule has 1 saturated carbocycles. The molecule has 0 radical (unpaired) electrons. The van der Waals surface area contributed by atoms with Crippen LogP contribution in [0.1, 0.15) is 50.5 Å². The normalized spacial score (nSPS) is 17.3. The fraction of sp³-hybridized carbons (Fsp3) is 0.450. The lowest BCUT2D eigenvalue weighted by atomic mass is 9.85. The molecule has 0 spiro atoms. The summed E-state index contributed by atoms with van der Waals surface area (Å²) in [5, 5.41) is 2.47. The van der Waals surface area contributed by atoms with Crippen LogP contribution in [-0.2, 0) is 11.2 Å². The van der Waals surface area contributed by atoms with E-state index in [1.807, 2.05) is 0 Å². The van der Waals surface area contributed by atoms with Gasteiger partial charge in [-0.25, -0.2) is 0 Å². The molecule has 0 aliphatic heterocycles. The highest BCUT2D eigenvalue weighted by atomic mass is 16.1. The van der Waals surface area contributed by atoms with E-state index in [1.54, 1.807) is 0 Å². The van der Waals surface area contributed by atoms with Crippen LogP contribution >= 0.6 is 0 Å². The molecule has 2 aromatic rings. The largest absolute Gasteiger partial charge is 0.299 e. The van der Waals surface area contributed by atoms with Crippen LogP contribution in [0.5, 0.6) is 0 Å². The highest BCUT2D eigenvalue weighted by Crippen LogP contribution is 2.26. The van der Waals surface area contributed by atoms with E-state index in [2.05, 4.69) is 42.5 Å². The van der Waals surface area contributed by atoms with E-state index in [9.17, 15) is 4.79 Å². The van der Waals surface area contributed by atoms with E-state index in [0.717, 1.165) is 12.8 Å². The molecule has 0 N–H and O–H groups in total. The number of hydrogen-bond donors (Lipinski definition) is 0. The van der Waals surface area contributed by atoms with Crippen molar-refractivity contribution >= 4 is 16.6 Å². The van der Waals surface area contributed by atoms with Crippen molar-refractivity contribution in [1.82, 2.24) is 0 Å². The highest BCUT2D eigenvalue weighted by Gasteiger charge is 2.20. The van der Waals surface area contributed by atoms with Gasteiger partial charge in [-0.3, -0.25) is 4.79 Å². The molecule has 1 aliphatic carbocycles. The second-order valence-electron chi connectivity index (χ2n) is 6.32.